The van der Waals surface area contributed by atoms with Crippen LogP contribution in [0.1, 0.15) is 28.4 Å². The van der Waals surface area contributed by atoms with Gasteiger partial charge in [0.15, 0.2) is 23.9 Å². The van der Waals surface area contributed by atoms with E-state index in [-0.39, 0.29) is 28.3 Å². The van der Waals surface area contributed by atoms with Crippen LogP contribution in [-0.2, 0) is 4.79 Å². The molecule has 8 nitrogen and oxygen atoms in total. The first-order valence-corrected chi connectivity index (χ1v) is 11.7. The third kappa shape index (κ3) is 7.37. The van der Waals surface area contributed by atoms with Crippen molar-refractivity contribution in [3.63, 3.8) is 0 Å². The Kier molecular flexibility index (Phi) is 9.55. The zero-order valence-electron chi connectivity index (χ0n) is 19.9. The molecule has 0 heterocycles. The first-order valence-electron chi connectivity index (χ1n) is 10.9. The third-order valence-electron chi connectivity index (χ3n) is 4.78. The molecule has 0 saturated heterocycles. The number of nitrogens with one attached hydrogen (secondary N) is 2. The number of hydrogen-bond acceptors (Lipinski definition) is 6. The van der Waals surface area contributed by atoms with Gasteiger partial charge in [-0.25, -0.2) is 5.43 Å². The van der Waals surface area contributed by atoms with E-state index in [1.807, 2.05) is 32.0 Å². The van der Waals surface area contributed by atoms with E-state index in [0.717, 1.165) is 5.56 Å². The van der Waals surface area contributed by atoms with E-state index in [1.54, 1.807) is 36.4 Å². The molecular formula is C26H25Cl2N3O5. The first-order chi connectivity index (χ1) is 17.3. The van der Waals surface area contributed by atoms with Crippen LogP contribution in [0.4, 0.5) is 5.69 Å². The van der Waals surface area contributed by atoms with Gasteiger partial charge in [-0.3, -0.25) is 9.59 Å². The number of anilines is 1. The van der Waals surface area contributed by atoms with Crippen molar-refractivity contribution in [2.45, 2.75) is 13.8 Å². The van der Waals surface area contributed by atoms with E-state index in [1.165, 1.54) is 13.3 Å². The van der Waals surface area contributed by atoms with Gasteiger partial charge in [0.05, 0.1) is 30.0 Å². The predicted octanol–water partition coefficient (Wildman–Crippen LogP) is 5.49. The minimum absolute atomic E-state index is 0.167. The molecule has 0 unspecified atom stereocenters. The van der Waals surface area contributed by atoms with Crippen molar-refractivity contribution in [1.82, 2.24) is 5.43 Å². The Morgan fingerprint density at radius 1 is 1.00 bits per heavy atom. The highest BCUT2D eigenvalue weighted by Gasteiger charge is 2.13. The first kappa shape index (κ1) is 26.8. The SMILES string of the molecule is CCOc1ccc(C(=O)N/N=C/c2cc(Cl)c(OCC(=O)Nc3cccc(C)c3)c(Cl)c2)cc1OC. The van der Waals surface area contributed by atoms with Gasteiger partial charge in [-0.05, 0) is 67.4 Å². The molecule has 0 aliphatic carbocycles. The van der Waals surface area contributed by atoms with Gasteiger partial charge in [-0.15, -0.1) is 0 Å². The number of halogens is 2. The van der Waals surface area contributed by atoms with Crippen LogP contribution in [0, 0.1) is 6.92 Å². The molecule has 36 heavy (non-hydrogen) atoms. The summed E-state index contributed by atoms with van der Waals surface area (Å²) in [4.78, 5) is 24.6. The van der Waals surface area contributed by atoms with Gasteiger partial charge in [-0.2, -0.15) is 5.10 Å². The Morgan fingerprint density at radius 2 is 1.75 bits per heavy atom. The second-order valence-corrected chi connectivity index (χ2v) is 8.33. The van der Waals surface area contributed by atoms with Crippen LogP contribution in [0.3, 0.4) is 0 Å². The summed E-state index contributed by atoms with van der Waals surface area (Å²) >= 11 is 12.6. The van der Waals surface area contributed by atoms with E-state index < -0.39 is 5.91 Å². The zero-order valence-corrected chi connectivity index (χ0v) is 21.4. The molecule has 0 spiro atoms. The second-order valence-electron chi connectivity index (χ2n) is 7.52. The molecule has 188 valence electrons. The van der Waals surface area contributed by atoms with E-state index in [4.69, 9.17) is 37.4 Å². The second kappa shape index (κ2) is 12.8. The molecule has 2 amide bonds. The van der Waals surface area contributed by atoms with Gasteiger partial charge in [0.1, 0.15) is 0 Å². The Balaban J connectivity index is 1.59. The lowest BCUT2D eigenvalue weighted by Crippen LogP contribution is -2.20. The van der Waals surface area contributed by atoms with Crippen LogP contribution in [0.25, 0.3) is 0 Å². The summed E-state index contributed by atoms with van der Waals surface area (Å²) < 4.78 is 16.2. The lowest BCUT2D eigenvalue weighted by molar-refractivity contribution is -0.118. The van der Waals surface area contributed by atoms with Crippen LogP contribution in [0.15, 0.2) is 59.7 Å². The quantitative estimate of drug-likeness (QED) is 0.267. The van der Waals surface area contributed by atoms with Crippen LogP contribution in [-0.4, -0.2) is 38.4 Å². The van der Waals surface area contributed by atoms with Crippen molar-refractivity contribution in [1.29, 1.82) is 0 Å². The van der Waals surface area contributed by atoms with Crippen LogP contribution in [0.2, 0.25) is 10.0 Å². The lowest BCUT2D eigenvalue weighted by Gasteiger charge is -2.11. The number of rotatable bonds is 10. The maximum absolute atomic E-state index is 12.4. The fraction of sp³-hybridized carbons (Fsp3) is 0.192. The molecule has 3 aromatic rings. The van der Waals surface area contributed by atoms with Gasteiger partial charge in [0.2, 0.25) is 0 Å². The predicted molar refractivity (Wildman–Crippen MR) is 141 cm³/mol. The van der Waals surface area contributed by atoms with Gasteiger partial charge >= 0.3 is 0 Å². The van der Waals surface area contributed by atoms with E-state index in [2.05, 4.69) is 15.8 Å². The Hall–Kier alpha value is -3.75. The highest BCUT2D eigenvalue weighted by Crippen LogP contribution is 2.34. The van der Waals surface area contributed by atoms with Crippen molar-refractivity contribution < 1.29 is 23.8 Å². The Bertz CT molecular complexity index is 1260. The molecule has 0 aliphatic rings. The molecule has 3 aromatic carbocycles. The summed E-state index contributed by atoms with van der Waals surface area (Å²) in [5, 5.41) is 7.08. The molecule has 3 rings (SSSR count). The molecule has 0 aromatic heterocycles. The van der Waals surface area contributed by atoms with E-state index in [0.29, 0.717) is 34.9 Å². The number of benzene rings is 3. The summed E-state index contributed by atoms with van der Waals surface area (Å²) in [5.41, 5.74) is 4.98. The lowest BCUT2D eigenvalue weighted by atomic mass is 10.2. The topological polar surface area (TPSA) is 98.3 Å². The number of hydrogen-bond donors (Lipinski definition) is 2. The van der Waals surface area contributed by atoms with Crippen LogP contribution < -0.4 is 25.0 Å². The number of carbonyl (C=O) groups excluding carboxylic acids is 2. The van der Waals surface area contributed by atoms with E-state index in [9.17, 15) is 9.59 Å². The van der Waals surface area contributed by atoms with Gasteiger partial charge in [0, 0.05) is 11.3 Å². The number of aryl methyl sites for hydroxylation is 1. The maximum atomic E-state index is 12.4. The van der Waals surface area contributed by atoms with Crippen molar-refractivity contribution in [3.8, 4) is 17.2 Å². The molecule has 0 radical (unpaired) electrons. The number of methoxy groups -OCH3 is 1. The molecule has 0 aliphatic heterocycles. The fourth-order valence-electron chi connectivity index (χ4n) is 3.16. The maximum Gasteiger partial charge on any atom is 0.271 e. The molecule has 10 heteroatoms. The fourth-order valence-corrected chi connectivity index (χ4v) is 3.78. The summed E-state index contributed by atoms with van der Waals surface area (Å²) in [6, 6.07) is 15.3. The Labute approximate surface area is 219 Å². The van der Waals surface area contributed by atoms with Gasteiger partial charge < -0.3 is 19.5 Å². The van der Waals surface area contributed by atoms with Gasteiger partial charge in [-0.1, -0.05) is 35.3 Å². The number of ether oxygens (including phenoxy) is 3. The van der Waals surface area contributed by atoms with Crippen molar-refractivity contribution >= 4 is 46.9 Å². The summed E-state index contributed by atoms with van der Waals surface area (Å²) in [5.74, 6) is 0.353. The average Bonchev–Trinajstić information content (AvgIpc) is 2.84. The van der Waals surface area contributed by atoms with Crippen LogP contribution in [0.5, 0.6) is 17.2 Å². The molecular weight excluding hydrogens is 505 g/mol. The average molecular weight is 530 g/mol. The molecule has 0 saturated carbocycles. The minimum atomic E-state index is -0.440. The largest absolute Gasteiger partial charge is 0.493 e. The summed E-state index contributed by atoms with van der Waals surface area (Å²) in [7, 11) is 1.50. The minimum Gasteiger partial charge on any atom is -0.493 e. The summed E-state index contributed by atoms with van der Waals surface area (Å²) in [6.45, 7) is 3.98. The zero-order chi connectivity index (χ0) is 26.1. The standard InChI is InChI=1S/C26H25Cl2N3O5/c1-4-35-22-9-8-18(13-23(22)34-3)26(33)31-29-14-17-11-20(27)25(21(28)12-17)36-15-24(32)30-19-7-5-6-16(2)10-19/h5-14H,4,15H2,1-3H3,(H,30,32)(H,31,33)/b29-14+. The van der Waals surface area contributed by atoms with Gasteiger partial charge in [0.25, 0.3) is 11.8 Å². The summed E-state index contributed by atoms with van der Waals surface area (Å²) in [6.07, 6.45) is 1.38. The number of hydrazone groups is 1. The number of carbonyl (C=O) groups is 2. The highest BCUT2D eigenvalue weighted by atomic mass is 35.5. The smallest absolute Gasteiger partial charge is 0.271 e. The molecule has 2 N–H and O–H groups in total. The Morgan fingerprint density at radius 3 is 2.42 bits per heavy atom. The monoisotopic (exact) mass is 529 g/mol. The van der Waals surface area contributed by atoms with Crippen molar-refractivity contribution in [2.24, 2.45) is 5.10 Å². The molecule has 0 bridgehead atoms. The molecule has 0 atom stereocenters. The normalized spacial score (nSPS) is 10.7. The molecule has 0 fully saturated rings. The number of amides is 2. The number of nitrogens with zero attached hydrogens (tertiary/aromatic N) is 1. The van der Waals surface area contributed by atoms with Crippen molar-refractivity contribution in [2.75, 3.05) is 25.6 Å². The van der Waals surface area contributed by atoms with Crippen molar-refractivity contribution in [3.05, 3.63) is 81.3 Å². The van der Waals surface area contributed by atoms with E-state index >= 15 is 0 Å². The third-order valence-corrected chi connectivity index (χ3v) is 5.34. The highest BCUT2D eigenvalue weighted by molar-refractivity contribution is 6.37. The van der Waals surface area contributed by atoms with Crippen LogP contribution >= 0.6 is 23.2 Å².